The number of nitro benzene ring substituents is 1. The lowest BCUT2D eigenvalue weighted by Crippen LogP contribution is -2.39. The summed E-state index contributed by atoms with van der Waals surface area (Å²) >= 11 is 5.86. The average Bonchev–Trinajstić information content (AvgIpc) is 2.63. The molecular formula is C15H19ClN2O3. The Labute approximate surface area is 128 Å². The van der Waals surface area contributed by atoms with Crippen molar-refractivity contribution in [1.29, 1.82) is 0 Å². The number of hydrogen-bond donors (Lipinski definition) is 1. The van der Waals surface area contributed by atoms with E-state index in [-0.39, 0.29) is 17.3 Å². The maximum atomic E-state index is 12.4. The van der Waals surface area contributed by atoms with E-state index in [1.165, 1.54) is 31.0 Å². The number of benzene rings is 1. The van der Waals surface area contributed by atoms with Gasteiger partial charge in [-0.15, -0.1) is 0 Å². The molecule has 0 spiro atoms. The zero-order valence-corrected chi connectivity index (χ0v) is 12.7. The molecule has 1 amide bonds. The molecule has 0 aromatic heterocycles. The maximum Gasteiger partial charge on any atom is 0.282 e. The number of carbonyl (C=O) groups is 1. The van der Waals surface area contributed by atoms with E-state index in [9.17, 15) is 14.9 Å². The Hall–Kier alpha value is -1.62. The van der Waals surface area contributed by atoms with Crippen molar-refractivity contribution in [2.75, 3.05) is 0 Å². The van der Waals surface area contributed by atoms with E-state index in [1.807, 2.05) is 0 Å². The third-order valence-electron chi connectivity index (χ3n) is 4.08. The van der Waals surface area contributed by atoms with E-state index >= 15 is 0 Å². The number of halogens is 1. The fourth-order valence-electron chi connectivity index (χ4n) is 2.80. The second kappa shape index (κ2) is 6.89. The van der Waals surface area contributed by atoms with Gasteiger partial charge in [0.25, 0.3) is 11.6 Å². The summed E-state index contributed by atoms with van der Waals surface area (Å²) in [6, 6.07) is 4.12. The van der Waals surface area contributed by atoms with E-state index in [0.717, 1.165) is 19.3 Å². The molecule has 1 fully saturated rings. The van der Waals surface area contributed by atoms with Crippen LogP contribution in [0.5, 0.6) is 0 Å². The van der Waals surface area contributed by atoms with Crippen molar-refractivity contribution in [1.82, 2.24) is 5.32 Å². The molecular weight excluding hydrogens is 292 g/mol. The van der Waals surface area contributed by atoms with Crippen LogP contribution in [0.4, 0.5) is 5.69 Å². The average molecular weight is 311 g/mol. The van der Waals surface area contributed by atoms with Gasteiger partial charge in [-0.2, -0.15) is 0 Å². The molecule has 114 valence electrons. The molecule has 1 aromatic carbocycles. The Morgan fingerprint density at radius 2 is 2.05 bits per heavy atom. The van der Waals surface area contributed by atoms with Gasteiger partial charge >= 0.3 is 0 Å². The summed E-state index contributed by atoms with van der Waals surface area (Å²) in [7, 11) is 0. The van der Waals surface area contributed by atoms with E-state index in [4.69, 9.17) is 11.6 Å². The summed E-state index contributed by atoms with van der Waals surface area (Å²) in [6.45, 7) is 2.11. The van der Waals surface area contributed by atoms with Gasteiger partial charge in [-0.1, -0.05) is 37.8 Å². The molecule has 5 nitrogen and oxygen atoms in total. The largest absolute Gasteiger partial charge is 0.349 e. The van der Waals surface area contributed by atoms with Crippen LogP contribution < -0.4 is 5.32 Å². The van der Waals surface area contributed by atoms with E-state index in [1.54, 1.807) is 0 Å². The number of nitrogens with one attached hydrogen (secondary N) is 1. The zero-order chi connectivity index (χ0) is 15.4. The second-order valence-corrected chi connectivity index (χ2v) is 6.05. The van der Waals surface area contributed by atoms with Crippen molar-refractivity contribution in [2.24, 2.45) is 5.92 Å². The standard InChI is InChI=1S/C15H19ClN2O3/c1-10-5-3-2-4-6-13(10)17-15(19)12-9-11(16)7-8-14(12)18(20)21/h7-10,13H,2-6H2,1H3,(H,17,19). The fourth-order valence-corrected chi connectivity index (χ4v) is 2.98. The number of amides is 1. The molecule has 21 heavy (non-hydrogen) atoms. The highest BCUT2D eigenvalue weighted by Crippen LogP contribution is 2.26. The summed E-state index contributed by atoms with van der Waals surface area (Å²) in [5.41, 5.74) is -0.179. The molecule has 2 rings (SSSR count). The summed E-state index contributed by atoms with van der Waals surface area (Å²) in [5, 5.41) is 14.3. The van der Waals surface area contributed by atoms with Gasteiger partial charge in [0.15, 0.2) is 0 Å². The molecule has 1 aliphatic rings. The lowest BCUT2D eigenvalue weighted by Gasteiger charge is -2.22. The zero-order valence-electron chi connectivity index (χ0n) is 12.0. The van der Waals surface area contributed by atoms with Gasteiger partial charge in [-0.25, -0.2) is 0 Å². The van der Waals surface area contributed by atoms with Gasteiger partial charge in [0.2, 0.25) is 0 Å². The topological polar surface area (TPSA) is 72.2 Å². The van der Waals surface area contributed by atoms with Crippen LogP contribution in [0.1, 0.15) is 49.4 Å². The molecule has 0 aliphatic heterocycles. The number of rotatable bonds is 3. The summed E-state index contributed by atoms with van der Waals surface area (Å²) in [6.07, 6.45) is 5.41. The first-order valence-corrected chi connectivity index (χ1v) is 7.61. The van der Waals surface area contributed by atoms with Gasteiger partial charge in [0, 0.05) is 17.1 Å². The third kappa shape index (κ3) is 3.94. The minimum absolute atomic E-state index is 0.0314. The number of nitro groups is 1. The van der Waals surface area contributed by atoms with Gasteiger partial charge in [-0.05, 0) is 30.9 Å². The predicted octanol–water partition coefficient (Wildman–Crippen LogP) is 3.95. The Balaban J connectivity index is 2.19. The predicted molar refractivity (Wildman–Crippen MR) is 81.6 cm³/mol. The first kappa shape index (κ1) is 15.8. The highest BCUT2D eigenvalue weighted by molar-refractivity contribution is 6.31. The van der Waals surface area contributed by atoms with Crippen LogP contribution in [-0.2, 0) is 0 Å². The molecule has 1 N–H and O–H groups in total. The van der Waals surface area contributed by atoms with Crippen molar-refractivity contribution < 1.29 is 9.72 Å². The van der Waals surface area contributed by atoms with E-state index < -0.39 is 10.8 Å². The summed E-state index contributed by atoms with van der Waals surface area (Å²) < 4.78 is 0. The monoisotopic (exact) mass is 310 g/mol. The van der Waals surface area contributed by atoms with Crippen LogP contribution in [-0.4, -0.2) is 16.9 Å². The van der Waals surface area contributed by atoms with Crippen molar-refractivity contribution in [3.63, 3.8) is 0 Å². The van der Waals surface area contributed by atoms with Crippen LogP contribution >= 0.6 is 11.6 Å². The van der Waals surface area contributed by atoms with E-state index in [0.29, 0.717) is 10.9 Å². The molecule has 0 heterocycles. The van der Waals surface area contributed by atoms with Gasteiger partial charge in [0.05, 0.1) is 4.92 Å². The quantitative estimate of drug-likeness (QED) is 0.522. The molecule has 0 saturated heterocycles. The van der Waals surface area contributed by atoms with Crippen LogP contribution in [0, 0.1) is 16.0 Å². The van der Waals surface area contributed by atoms with Crippen molar-refractivity contribution in [3.8, 4) is 0 Å². The Bertz CT molecular complexity index is 548. The summed E-state index contributed by atoms with van der Waals surface area (Å²) in [5.74, 6) is -0.0300. The SMILES string of the molecule is CC1CCCCCC1NC(=O)c1cc(Cl)ccc1[N+](=O)[O-]. The molecule has 0 radical (unpaired) electrons. The van der Waals surface area contributed by atoms with Crippen molar-refractivity contribution in [3.05, 3.63) is 38.9 Å². The molecule has 0 bridgehead atoms. The fraction of sp³-hybridized carbons (Fsp3) is 0.533. The minimum Gasteiger partial charge on any atom is -0.349 e. The number of carbonyl (C=O) groups excluding carboxylic acids is 1. The Morgan fingerprint density at radius 1 is 1.33 bits per heavy atom. The highest BCUT2D eigenvalue weighted by atomic mass is 35.5. The molecule has 1 aromatic rings. The van der Waals surface area contributed by atoms with Crippen molar-refractivity contribution >= 4 is 23.2 Å². The molecule has 6 heteroatoms. The van der Waals surface area contributed by atoms with Crippen LogP contribution in [0.25, 0.3) is 0 Å². The Kier molecular flexibility index (Phi) is 5.17. The number of nitrogens with zero attached hydrogens (tertiary/aromatic N) is 1. The van der Waals surface area contributed by atoms with Crippen LogP contribution in [0.2, 0.25) is 5.02 Å². The molecule has 1 saturated carbocycles. The van der Waals surface area contributed by atoms with E-state index in [2.05, 4.69) is 12.2 Å². The van der Waals surface area contributed by atoms with Gasteiger partial charge in [-0.3, -0.25) is 14.9 Å². The molecule has 1 aliphatic carbocycles. The first-order valence-electron chi connectivity index (χ1n) is 7.24. The molecule has 2 atom stereocenters. The highest BCUT2D eigenvalue weighted by Gasteiger charge is 2.26. The normalized spacial score (nSPS) is 22.4. The van der Waals surface area contributed by atoms with Gasteiger partial charge in [0.1, 0.15) is 5.56 Å². The lowest BCUT2D eigenvalue weighted by atomic mass is 9.96. The van der Waals surface area contributed by atoms with Crippen LogP contribution in [0.15, 0.2) is 18.2 Å². The number of hydrogen-bond acceptors (Lipinski definition) is 3. The van der Waals surface area contributed by atoms with Gasteiger partial charge < -0.3 is 5.32 Å². The third-order valence-corrected chi connectivity index (χ3v) is 4.31. The lowest BCUT2D eigenvalue weighted by molar-refractivity contribution is -0.385. The smallest absolute Gasteiger partial charge is 0.282 e. The maximum absolute atomic E-state index is 12.4. The minimum atomic E-state index is -0.554. The second-order valence-electron chi connectivity index (χ2n) is 5.61. The summed E-state index contributed by atoms with van der Waals surface area (Å²) in [4.78, 5) is 22.9. The Morgan fingerprint density at radius 3 is 2.76 bits per heavy atom. The van der Waals surface area contributed by atoms with Crippen molar-refractivity contribution in [2.45, 2.75) is 45.1 Å². The molecule has 2 unspecified atom stereocenters. The van der Waals surface area contributed by atoms with Crippen LogP contribution in [0.3, 0.4) is 0 Å². The first-order chi connectivity index (χ1) is 9.99.